The van der Waals surface area contributed by atoms with Crippen molar-refractivity contribution in [3.8, 4) is 0 Å². The number of pyridine rings is 1. The lowest BCUT2D eigenvalue weighted by molar-refractivity contribution is 0.221. The highest BCUT2D eigenvalue weighted by atomic mass is 32.2. The zero-order chi connectivity index (χ0) is 18.7. The number of nitrogens with two attached hydrogens (primary N) is 1. The Hall–Kier alpha value is -1.57. The van der Waals surface area contributed by atoms with Gasteiger partial charge in [0.2, 0.25) is 10.0 Å². The molecule has 1 aromatic heterocycles. The highest BCUT2D eigenvalue weighted by Gasteiger charge is 2.31. The third-order valence-corrected chi connectivity index (χ3v) is 6.64. The van der Waals surface area contributed by atoms with E-state index < -0.39 is 15.7 Å². The fourth-order valence-corrected chi connectivity index (χ4v) is 5.09. The number of sulfonamides is 1. The second kappa shape index (κ2) is 5.97. The maximum absolute atomic E-state index is 13.8. The van der Waals surface area contributed by atoms with Crippen LogP contribution in [-0.4, -0.2) is 25.6 Å². The lowest BCUT2D eigenvalue weighted by Crippen LogP contribution is -2.35. The molecule has 7 heteroatoms. The Kier molecular flexibility index (Phi) is 4.09. The number of aryl methyl sites for hydroxylation is 1. The van der Waals surface area contributed by atoms with E-state index in [0.29, 0.717) is 11.3 Å². The normalized spacial score (nSPS) is 20.5. The van der Waals surface area contributed by atoms with Gasteiger partial charge in [0.1, 0.15) is 5.67 Å². The maximum atomic E-state index is 13.8. The minimum Gasteiger partial charge on any atom is -0.324 e. The molecule has 26 heavy (non-hydrogen) atoms. The smallest absolute Gasteiger partial charge is 0.241 e. The highest BCUT2D eigenvalue weighted by molar-refractivity contribution is 7.89. The lowest BCUT2D eigenvalue weighted by atomic mass is 9.99. The van der Waals surface area contributed by atoms with E-state index in [0.717, 1.165) is 47.9 Å². The quantitative estimate of drug-likeness (QED) is 0.838. The monoisotopic (exact) mass is 377 g/mol. The van der Waals surface area contributed by atoms with Gasteiger partial charge < -0.3 is 5.73 Å². The first-order valence-electron chi connectivity index (χ1n) is 9.05. The van der Waals surface area contributed by atoms with E-state index in [1.54, 1.807) is 12.3 Å². The summed E-state index contributed by atoms with van der Waals surface area (Å²) in [6, 6.07) is 3.50. The number of nitrogens with one attached hydrogen (secondary N) is 1. The van der Waals surface area contributed by atoms with E-state index in [-0.39, 0.29) is 17.5 Å². The third kappa shape index (κ3) is 3.23. The third-order valence-electron chi connectivity index (χ3n) is 5.20. The minimum absolute atomic E-state index is 0.101. The molecule has 1 atom stereocenters. The van der Waals surface area contributed by atoms with Crippen molar-refractivity contribution in [1.29, 1.82) is 0 Å². The zero-order valence-corrected chi connectivity index (χ0v) is 15.9. The van der Waals surface area contributed by atoms with Crippen LogP contribution >= 0.6 is 0 Å². The van der Waals surface area contributed by atoms with Gasteiger partial charge in [-0.3, -0.25) is 4.98 Å². The summed E-state index contributed by atoms with van der Waals surface area (Å²) >= 11 is 0. The van der Waals surface area contributed by atoms with Crippen LogP contribution in [0, 0.1) is 0 Å². The molecule has 0 aliphatic heterocycles. The van der Waals surface area contributed by atoms with Crippen molar-refractivity contribution in [3.63, 3.8) is 0 Å². The van der Waals surface area contributed by atoms with E-state index in [1.807, 2.05) is 6.07 Å². The number of alkyl halides is 1. The molecule has 0 saturated heterocycles. The topological polar surface area (TPSA) is 85.1 Å². The van der Waals surface area contributed by atoms with Crippen LogP contribution in [0.2, 0.25) is 0 Å². The second-order valence-electron chi connectivity index (χ2n) is 8.06. The zero-order valence-electron chi connectivity index (χ0n) is 15.0. The van der Waals surface area contributed by atoms with Crippen LogP contribution in [-0.2, 0) is 16.4 Å². The molecular weight excluding hydrogens is 353 g/mol. The lowest BCUT2D eigenvalue weighted by Gasteiger charge is -2.18. The van der Waals surface area contributed by atoms with Crippen LogP contribution in [0.15, 0.2) is 23.2 Å². The Morgan fingerprint density at radius 2 is 2.00 bits per heavy atom. The summed E-state index contributed by atoms with van der Waals surface area (Å²) in [5.41, 5.74) is 7.50. The molecule has 0 bridgehead atoms. The van der Waals surface area contributed by atoms with Gasteiger partial charge in [0.25, 0.3) is 0 Å². The van der Waals surface area contributed by atoms with Crippen molar-refractivity contribution < 1.29 is 12.8 Å². The fraction of sp³-hybridized carbons (Fsp3) is 0.526. The molecule has 5 nitrogen and oxygen atoms in total. The second-order valence-corrected chi connectivity index (χ2v) is 9.80. The van der Waals surface area contributed by atoms with E-state index in [1.165, 1.54) is 13.8 Å². The molecule has 3 N–H and O–H groups in total. The number of benzene rings is 1. The number of aromatic nitrogens is 1. The first-order chi connectivity index (χ1) is 12.2. The maximum Gasteiger partial charge on any atom is 0.241 e. The van der Waals surface area contributed by atoms with Crippen LogP contribution in [0.25, 0.3) is 10.8 Å². The van der Waals surface area contributed by atoms with Crippen molar-refractivity contribution in [2.75, 3.05) is 6.54 Å². The summed E-state index contributed by atoms with van der Waals surface area (Å²) < 4.78 is 42.1. The summed E-state index contributed by atoms with van der Waals surface area (Å²) in [7, 11) is -3.84. The van der Waals surface area contributed by atoms with Crippen molar-refractivity contribution >= 4 is 20.8 Å². The molecule has 4 rings (SSSR count). The van der Waals surface area contributed by atoms with E-state index in [4.69, 9.17) is 5.73 Å². The predicted octanol–water partition coefficient (Wildman–Crippen LogP) is 3.08. The summed E-state index contributed by atoms with van der Waals surface area (Å²) in [4.78, 5) is 4.76. The van der Waals surface area contributed by atoms with E-state index >= 15 is 0 Å². The summed E-state index contributed by atoms with van der Waals surface area (Å²) in [6.07, 6.45) is 5.47. The van der Waals surface area contributed by atoms with E-state index in [9.17, 15) is 12.8 Å². The number of fused-ring (bicyclic) bond motifs is 3. The Balaban J connectivity index is 1.89. The molecule has 2 aliphatic carbocycles. The van der Waals surface area contributed by atoms with Gasteiger partial charge in [0.05, 0.1) is 4.90 Å². The predicted molar refractivity (Wildman–Crippen MR) is 99.3 cm³/mol. The SMILES string of the molecule is CC(C)(F)CNS(=O)(=O)c1cc2c(c3cnc(C4CC4)cc13)[C@H](N)CC2. The number of halogens is 1. The minimum atomic E-state index is -3.84. The van der Waals surface area contributed by atoms with Crippen LogP contribution in [0.1, 0.15) is 61.9 Å². The first-order valence-corrected chi connectivity index (χ1v) is 10.5. The Labute approximate surface area is 153 Å². The molecule has 140 valence electrons. The van der Waals surface area contributed by atoms with Gasteiger partial charge in [-0.05, 0) is 62.8 Å². The number of rotatable bonds is 5. The molecule has 0 amide bonds. The van der Waals surface area contributed by atoms with Crippen LogP contribution in [0.5, 0.6) is 0 Å². The van der Waals surface area contributed by atoms with Crippen LogP contribution < -0.4 is 10.5 Å². The van der Waals surface area contributed by atoms with Crippen LogP contribution in [0.4, 0.5) is 4.39 Å². The van der Waals surface area contributed by atoms with Gasteiger partial charge in [-0.25, -0.2) is 17.5 Å². The molecule has 0 spiro atoms. The van der Waals surface area contributed by atoms with Gasteiger partial charge in [0, 0.05) is 41.2 Å². The standard InChI is InChI=1S/C19H24FN3O2S/c1-19(2,20)10-23-26(24,25)17-7-12-5-6-15(21)18(12)14-9-22-16(8-13(14)17)11-3-4-11/h7-9,11,15,23H,3-6,10,21H2,1-2H3/t15-/m1/s1. The molecular formula is C19H24FN3O2S. The van der Waals surface area contributed by atoms with Crippen molar-refractivity contribution in [1.82, 2.24) is 9.71 Å². The summed E-state index contributed by atoms with van der Waals surface area (Å²) in [6.45, 7) is 2.43. The number of hydrogen-bond acceptors (Lipinski definition) is 4. The molecule has 1 fully saturated rings. The van der Waals surface area contributed by atoms with Gasteiger partial charge in [-0.15, -0.1) is 0 Å². The summed E-state index contributed by atoms with van der Waals surface area (Å²) in [5.74, 6) is 0.412. The Morgan fingerprint density at radius 3 is 2.65 bits per heavy atom. The van der Waals surface area contributed by atoms with Gasteiger partial charge >= 0.3 is 0 Å². The fourth-order valence-electron chi connectivity index (χ4n) is 3.65. The highest BCUT2D eigenvalue weighted by Crippen LogP contribution is 2.43. The van der Waals surface area contributed by atoms with Crippen molar-refractivity contribution in [2.24, 2.45) is 5.73 Å². The number of hydrogen-bond donors (Lipinski definition) is 2. The summed E-state index contributed by atoms with van der Waals surface area (Å²) in [5, 5.41) is 1.44. The molecule has 1 saturated carbocycles. The van der Waals surface area contributed by atoms with Gasteiger partial charge in [0.15, 0.2) is 0 Å². The Bertz CT molecular complexity index is 978. The Morgan fingerprint density at radius 1 is 1.27 bits per heavy atom. The average Bonchev–Trinajstić information content (AvgIpc) is 3.35. The first kappa shape index (κ1) is 17.8. The number of nitrogens with zero attached hydrogens (tertiary/aromatic N) is 1. The van der Waals surface area contributed by atoms with Gasteiger partial charge in [-0.1, -0.05) is 0 Å². The molecule has 2 aromatic rings. The molecule has 2 aliphatic rings. The largest absolute Gasteiger partial charge is 0.324 e. The average molecular weight is 377 g/mol. The van der Waals surface area contributed by atoms with Gasteiger partial charge in [-0.2, -0.15) is 0 Å². The molecule has 1 heterocycles. The molecule has 0 radical (unpaired) electrons. The van der Waals surface area contributed by atoms with Crippen molar-refractivity contribution in [2.45, 2.75) is 62.1 Å². The van der Waals surface area contributed by atoms with Crippen molar-refractivity contribution in [3.05, 3.63) is 35.2 Å². The molecule has 1 aromatic carbocycles. The molecule has 0 unspecified atom stereocenters. The van der Waals surface area contributed by atoms with Crippen LogP contribution in [0.3, 0.4) is 0 Å². The van der Waals surface area contributed by atoms with E-state index in [2.05, 4.69) is 9.71 Å².